The highest BCUT2D eigenvalue weighted by Crippen LogP contribution is 2.27. The number of nitrogens with zero attached hydrogens (tertiary/aromatic N) is 2. The van der Waals surface area contributed by atoms with Gasteiger partial charge in [0.15, 0.2) is 0 Å². The lowest BCUT2D eigenvalue weighted by atomic mass is 10.1. The minimum atomic E-state index is -4.17. The standard InChI is InChI=1S/C18H20N4O6S/c1-22(18(23)24)17-20-14-5-4-12(10-15(14)21-17)28-29(25,26)16-6-3-11(7-8-27-2)9-13(16)19/h3-6,9-10H,7-8,19H2,1-2H3,(H,20,21)(H,23,24). The van der Waals surface area contributed by atoms with Crippen molar-refractivity contribution in [2.75, 3.05) is 31.4 Å². The van der Waals surface area contributed by atoms with Crippen molar-refractivity contribution in [2.24, 2.45) is 0 Å². The quantitative estimate of drug-likeness (QED) is 0.389. The minimum Gasteiger partial charge on any atom is -0.465 e. The number of ether oxygens (including phenoxy) is 1. The van der Waals surface area contributed by atoms with Gasteiger partial charge in [-0.15, -0.1) is 0 Å². The summed E-state index contributed by atoms with van der Waals surface area (Å²) in [6.45, 7) is 0.491. The number of carboxylic acid groups (broad SMARTS) is 1. The van der Waals surface area contributed by atoms with E-state index in [2.05, 4.69) is 9.97 Å². The molecular formula is C18H20N4O6S. The number of methoxy groups -OCH3 is 1. The SMILES string of the molecule is COCCc1ccc(S(=O)(=O)Oc2ccc3nc(N(C)C(=O)O)[nH]c3c2)c(N)c1. The summed E-state index contributed by atoms with van der Waals surface area (Å²) in [4.78, 5) is 18.7. The molecule has 0 saturated carbocycles. The summed E-state index contributed by atoms with van der Waals surface area (Å²) in [5.41, 5.74) is 7.71. The minimum absolute atomic E-state index is 0.0357. The summed E-state index contributed by atoms with van der Waals surface area (Å²) in [5, 5.41) is 9.03. The molecule has 0 aliphatic heterocycles. The molecule has 4 N–H and O–H groups in total. The molecule has 0 atom stereocenters. The first-order valence-corrected chi connectivity index (χ1v) is 9.90. The van der Waals surface area contributed by atoms with E-state index in [4.69, 9.17) is 19.8 Å². The maximum Gasteiger partial charge on any atom is 0.413 e. The van der Waals surface area contributed by atoms with Crippen molar-refractivity contribution in [1.29, 1.82) is 0 Å². The van der Waals surface area contributed by atoms with E-state index in [0.29, 0.717) is 24.1 Å². The van der Waals surface area contributed by atoms with Gasteiger partial charge >= 0.3 is 16.2 Å². The third kappa shape index (κ3) is 4.41. The van der Waals surface area contributed by atoms with Crippen molar-refractivity contribution in [3.05, 3.63) is 42.0 Å². The van der Waals surface area contributed by atoms with Gasteiger partial charge in [-0.05, 0) is 36.2 Å². The summed E-state index contributed by atoms with van der Waals surface area (Å²) in [6.07, 6.45) is -0.585. The van der Waals surface area contributed by atoms with Gasteiger partial charge in [-0.25, -0.2) is 9.78 Å². The molecule has 0 radical (unpaired) electrons. The maximum absolute atomic E-state index is 12.6. The lowest BCUT2D eigenvalue weighted by molar-refractivity contribution is 0.202. The Labute approximate surface area is 167 Å². The number of carbonyl (C=O) groups is 1. The zero-order valence-electron chi connectivity index (χ0n) is 15.7. The van der Waals surface area contributed by atoms with Crippen molar-refractivity contribution in [2.45, 2.75) is 11.3 Å². The summed E-state index contributed by atoms with van der Waals surface area (Å²) in [6, 6.07) is 8.98. The van der Waals surface area contributed by atoms with Gasteiger partial charge in [0, 0.05) is 20.2 Å². The van der Waals surface area contributed by atoms with Gasteiger partial charge in [0.25, 0.3) is 0 Å². The number of nitrogens with one attached hydrogen (secondary N) is 1. The number of anilines is 2. The van der Waals surface area contributed by atoms with E-state index in [1.54, 1.807) is 19.2 Å². The molecule has 0 aliphatic rings. The summed E-state index contributed by atoms with van der Waals surface area (Å²) in [5.74, 6) is 0.136. The van der Waals surface area contributed by atoms with Crippen LogP contribution >= 0.6 is 0 Å². The zero-order valence-corrected chi connectivity index (χ0v) is 16.6. The predicted molar refractivity (Wildman–Crippen MR) is 107 cm³/mol. The summed E-state index contributed by atoms with van der Waals surface area (Å²) >= 11 is 0. The van der Waals surface area contributed by atoms with Crippen LogP contribution in [0, 0.1) is 0 Å². The molecule has 2 aromatic carbocycles. The number of fused-ring (bicyclic) bond motifs is 1. The number of rotatable bonds is 7. The first-order valence-electron chi connectivity index (χ1n) is 8.49. The van der Waals surface area contributed by atoms with Crippen LogP contribution in [0.2, 0.25) is 0 Å². The topological polar surface area (TPSA) is 148 Å². The Bertz CT molecular complexity index is 1160. The predicted octanol–water partition coefficient (Wildman–Crippen LogP) is 2.22. The maximum atomic E-state index is 12.6. The highest BCUT2D eigenvalue weighted by molar-refractivity contribution is 7.87. The van der Waals surface area contributed by atoms with Crippen LogP contribution in [-0.2, 0) is 21.3 Å². The van der Waals surface area contributed by atoms with Gasteiger partial charge in [-0.3, -0.25) is 4.90 Å². The van der Waals surface area contributed by atoms with E-state index >= 15 is 0 Å². The Morgan fingerprint density at radius 3 is 2.69 bits per heavy atom. The second-order valence-corrected chi connectivity index (χ2v) is 7.75. The zero-order chi connectivity index (χ0) is 21.2. The van der Waals surface area contributed by atoms with Crippen LogP contribution in [0.15, 0.2) is 41.3 Å². The molecule has 3 aromatic rings. The highest BCUT2D eigenvalue weighted by atomic mass is 32.2. The van der Waals surface area contributed by atoms with Crippen LogP contribution in [0.5, 0.6) is 5.75 Å². The first kappa shape index (κ1) is 20.4. The van der Waals surface area contributed by atoms with Crippen molar-refractivity contribution in [1.82, 2.24) is 9.97 Å². The second kappa shape index (κ2) is 7.97. The molecule has 154 valence electrons. The van der Waals surface area contributed by atoms with Gasteiger partial charge in [0.05, 0.1) is 23.3 Å². The summed E-state index contributed by atoms with van der Waals surface area (Å²) in [7, 11) is -1.26. The molecule has 3 rings (SSSR count). The van der Waals surface area contributed by atoms with Crippen LogP contribution in [0.3, 0.4) is 0 Å². The lowest BCUT2D eigenvalue weighted by Crippen LogP contribution is -2.24. The summed E-state index contributed by atoms with van der Waals surface area (Å²) < 4.78 is 35.5. The molecule has 10 nitrogen and oxygen atoms in total. The molecule has 1 aromatic heterocycles. The fourth-order valence-electron chi connectivity index (χ4n) is 2.65. The lowest BCUT2D eigenvalue weighted by Gasteiger charge is -2.10. The van der Waals surface area contributed by atoms with E-state index in [0.717, 1.165) is 10.5 Å². The average molecular weight is 420 g/mol. The van der Waals surface area contributed by atoms with E-state index < -0.39 is 16.2 Å². The molecule has 0 fully saturated rings. The monoisotopic (exact) mass is 420 g/mol. The molecule has 0 unspecified atom stereocenters. The van der Waals surface area contributed by atoms with Crippen molar-refractivity contribution < 1.29 is 27.2 Å². The van der Waals surface area contributed by atoms with E-state index in [9.17, 15) is 13.2 Å². The Hall–Kier alpha value is -3.31. The fourth-order valence-corrected chi connectivity index (χ4v) is 3.68. The number of nitrogens with two attached hydrogens (primary N) is 1. The van der Waals surface area contributed by atoms with Crippen LogP contribution in [-0.4, -0.2) is 50.3 Å². The molecule has 1 amide bonds. The Morgan fingerprint density at radius 2 is 2.03 bits per heavy atom. The number of hydrogen-bond donors (Lipinski definition) is 3. The van der Waals surface area contributed by atoms with Gasteiger partial charge in [0.2, 0.25) is 5.95 Å². The fraction of sp³-hybridized carbons (Fsp3) is 0.222. The highest BCUT2D eigenvalue weighted by Gasteiger charge is 2.21. The van der Waals surface area contributed by atoms with Crippen LogP contribution < -0.4 is 14.8 Å². The van der Waals surface area contributed by atoms with Gasteiger partial charge < -0.3 is 24.7 Å². The molecule has 0 spiro atoms. The molecule has 11 heteroatoms. The van der Waals surface area contributed by atoms with Crippen LogP contribution in [0.1, 0.15) is 5.56 Å². The number of amides is 1. The Kier molecular flexibility index (Phi) is 5.62. The van der Waals surface area contributed by atoms with Gasteiger partial charge in [-0.1, -0.05) is 6.07 Å². The van der Waals surface area contributed by atoms with E-state index in [1.807, 2.05) is 0 Å². The van der Waals surface area contributed by atoms with E-state index in [-0.39, 0.29) is 22.3 Å². The Morgan fingerprint density at radius 1 is 1.28 bits per heavy atom. The van der Waals surface area contributed by atoms with E-state index in [1.165, 1.54) is 31.3 Å². The molecule has 0 saturated heterocycles. The van der Waals surface area contributed by atoms with Crippen LogP contribution in [0.25, 0.3) is 11.0 Å². The van der Waals surface area contributed by atoms with Crippen molar-refractivity contribution in [3.8, 4) is 5.75 Å². The number of benzene rings is 2. The van der Waals surface area contributed by atoms with Gasteiger partial charge in [0.1, 0.15) is 10.6 Å². The Balaban J connectivity index is 1.86. The van der Waals surface area contributed by atoms with Crippen molar-refractivity contribution in [3.63, 3.8) is 0 Å². The molecule has 29 heavy (non-hydrogen) atoms. The largest absolute Gasteiger partial charge is 0.465 e. The number of H-pyrrole nitrogens is 1. The third-order valence-corrected chi connectivity index (χ3v) is 5.51. The number of hydrogen-bond acceptors (Lipinski definition) is 7. The number of aromatic nitrogens is 2. The van der Waals surface area contributed by atoms with Crippen LogP contribution in [0.4, 0.5) is 16.4 Å². The normalized spacial score (nSPS) is 11.5. The number of imidazole rings is 1. The number of aromatic amines is 1. The number of nitrogen functional groups attached to an aromatic ring is 1. The smallest absolute Gasteiger partial charge is 0.413 e. The molecule has 0 aliphatic carbocycles. The van der Waals surface area contributed by atoms with Gasteiger partial charge in [-0.2, -0.15) is 8.42 Å². The first-order chi connectivity index (χ1) is 13.7. The molecular weight excluding hydrogens is 400 g/mol. The molecule has 1 heterocycles. The van der Waals surface area contributed by atoms with Crippen molar-refractivity contribution >= 4 is 38.9 Å². The third-order valence-electron chi connectivity index (χ3n) is 4.19. The molecule has 0 bridgehead atoms. The average Bonchev–Trinajstić information content (AvgIpc) is 3.08. The second-order valence-electron chi connectivity index (χ2n) is 6.23.